The van der Waals surface area contributed by atoms with Crippen molar-refractivity contribution in [1.82, 2.24) is 9.40 Å². The average molecular weight is 306 g/mol. The Morgan fingerprint density at radius 1 is 1.30 bits per heavy atom. The summed E-state index contributed by atoms with van der Waals surface area (Å²) >= 11 is 7.35. The van der Waals surface area contributed by atoms with Gasteiger partial charge in [-0.2, -0.15) is 4.41 Å². The molecule has 0 saturated heterocycles. The third kappa shape index (κ3) is 2.52. The summed E-state index contributed by atoms with van der Waals surface area (Å²) in [5, 5.41) is 3.36. The molecular weight excluding hydrogens is 294 g/mol. The maximum atomic E-state index is 12.1. The highest BCUT2D eigenvalue weighted by Gasteiger charge is 2.27. The maximum Gasteiger partial charge on any atom is 0.182 e. The molecule has 4 nitrogen and oxygen atoms in total. The largest absolute Gasteiger partial charge is 0.299 e. The van der Waals surface area contributed by atoms with E-state index in [-0.39, 0.29) is 5.78 Å². The van der Waals surface area contributed by atoms with E-state index in [9.17, 15) is 4.79 Å². The second kappa shape index (κ2) is 5.44. The number of halogens is 1. The van der Waals surface area contributed by atoms with Gasteiger partial charge in [-0.3, -0.25) is 9.80 Å². The zero-order valence-corrected chi connectivity index (χ0v) is 12.4. The molecule has 0 fully saturated rings. The van der Waals surface area contributed by atoms with Gasteiger partial charge in [0.05, 0.1) is 17.8 Å². The van der Waals surface area contributed by atoms with Crippen LogP contribution < -0.4 is 5.01 Å². The van der Waals surface area contributed by atoms with E-state index in [1.807, 2.05) is 46.8 Å². The van der Waals surface area contributed by atoms with Crippen molar-refractivity contribution in [3.63, 3.8) is 0 Å². The second-order valence-electron chi connectivity index (χ2n) is 4.38. The summed E-state index contributed by atoms with van der Waals surface area (Å²) < 4.78 is 1.89. The van der Waals surface area contributed by atoms with Crippen LogP contribution in [0.5, 0.6) is 0 Å². The summed E-state index contributed by atoms with van der Waals surface area (Å²) in [5.74, 6) is 0.0765. The molecule has 6 heteroatoms. The van der Waals surface area contributed by atoms with Crippen LogP contribution in [-0.4, -0.2) is 28.8 Å². The molecule has 0 N–H and O–H groups in total. The highest BCUT2D eigenvalue weighted by molar-refractivity contribution is 7.97. The molecule has 1 aromatic carbocycles. The van der Waals surface area contributed by atoms with Crippen LogP contribution in [0.1, 0.15) is 10.4 Å². The van der Waals surface area contributed by atoms with Crippen molar-refractivity contribution in [3.8, 4) is 0 Å². The van der Waals surface area contributed by atoms with Crippen molar-refractivity contribution in [2.45, 2.75) is 5.03 Å². The summed E-state index contributed by atoms with van der Waals surface area (Å²) in [6.07, 6.45) is 1.70. The Kier molecular flexibility index (Phi) is 3.65. The van der Waals surface area contributed by atoms with Crippen molar-refractivity contribution >= 4 is 35.0 Å². The predicted octanol–water partition coefficient (Wildman–Crippen LogP) is 3.29. The minimum atomic E-state index is 0.0765. The van der Waals surface area contributed by atoms with Gasteiger partial charge in [0.1, 0.15) is 5.03 Å². The van der Waals surface area contributed by atoms with E-state index in [4.69, 9.17) is 11.6 Å². The number of nitrogens with zero attached hydrogens (tertiary/aromatic N) is 3. The van der Waals surface area contributed by atoms with Crippen LogP contribution in [0.25, 0.3) is 0 Å². The number of hydrazine groups is 1. The first-order valence-corrected chi connectivity index (χ1v) is 7.23. The molecule has 20 heavy (non-hydrogen) atoms. The summed E-state index contributed by atoms with van der Waals surface area (Å²) in [7, 11) is 1.91. The minimum absolute atomic E-state index is 0.0765. The number of benzene rings is 1. The highest BCUT2D eigenvalue weighted by Crippen LogP contribution is 2.32. The Hall–Kier alpha value is -1.56. The molecule has 3 rings (SSSR count). The Bertz CT molecular complexity index is 647. The van der Waals surface area contributed by atoms with E-state index in [1.165, 1.54) is 11.9 Å². The van der Waals surface area contributed by atoms with Gasteiger partial charge in [0.2, 0.25) is 0 Å². The molecule has 0 unspecified atom stereocenters. The minimum Gasteiger partial charge on any atom is -0.299 e. The molecule has 0 radical (unpaired) electrons. The summed E-state index contributed by atoms with van der Waals surface area (Å²) in [6.45, 7) is 0.322. The molecule has 0 atom stereocenters. The first-order valence-electron chi connectivity index (χ1n) is 6.08. The van der Waals surface area contributed by atoms with Gasteiger partial charge in [-0.25, -0.2) is 4.98 Å². The number of fused-ring (bicyclic) bond motifs is 1. The van der Waals surface area contributed by atoms with E-state index in [0.717, 1.165) is 10.7 Å². The molecule has 0 bridgehead atoms. The smallest absolute Gasteiger partial charge is 0.182 e. The van der Waals surface area contributed by atoms with Gasteiger partial charge in [-0.1, -0.05) is 11.6 Å². The first-order chi connectivity index (χ1) is 9.65. The molecule has 2 heterocycles. The van der Waals surface area contributed by atoms with E-state index in [2.05, 4.69) is 4.98 Å². The van der Waals surface area contributed by atoms with Crippen LogP contribution in [0.15, 0.2) is 47.6 Å². The van der Waals surface area contributed by atoms with Gasteiger partial charge < -0.3 is 0 Å². The number of carbonyl (C=O) groups is 1. The Morgan fingerprint density at radius 2 is 2.05 bits per heavy atom. The molecule has 102 valence electrons. The lowest BCUT2D eigenvalue weighted by Gasteiger charge is -2.34. The Labute approximate surface area is 126 Å². The molecule has 1 aliphatic rings. The second-order valence-corrected chi connectivity index (χ2v) is 5.81. The molecular formula is C14H12ClN3OS. The number of carbonyl (C=O) groups excluding carboxylic acids is 1. The first kappa shape index (κ1) is 13.4. The van der Waals surface area contributed by atoms with Gasteiger partial charge in [0.25, 0.3) is 0 Å². The van der Waals surface area contributed by atoms with Gasteiger partial charge >= 0.3 is 0 Å². The molecule has 0 aliphatic carbocycles. The van der Waals surface area contributed by atoms with Crippen molar-refractivity contribution in [3.05, 3.63) is 53.2 Å². The third-order valence-electron chi connectivity index (χ3n) is 3.08. The van der Waals surface area contributed by atoms with E-state index in [0.29, 0.717) is 17.1 Å². The molecule has 1 aliphatic heterocycles. The van der Waals surface area contributed by atoms with Crippen molar-refractivity contribution in [2.75, 3.05) is 18.6 Å². The number of ketones is 1. The molecule has 0 amide bonds. The summed E-state index contributed by atoms with van der Waals surface area (Å²) in [5.41, 5.74) is 1.66. The molecule has 2 aromatic rings. The van der Waals surface area contributed by atoms with Crippen molar-refractivity contribution in [2.24, 2.45) is 0 Å². The number of Topliss-reactive ketones (excluding diaryl/α,β-unsaturated/α-hetero) is 1. The van der Waals surface area contributed by atoms with Crippen LogP contribution in [0.3, 0.4) is 0 Å². The fourth-order valence-electron chi connectivity index (χ4n) is 1.97. The SMILES string of the molecule is CN(c1ccc(Cl)cc1)N1CC(=O)c2cccnc2S1. The van der Waals surface area contributed by atoms with Gasteiger partial charge in [0, 0.05) is 30.2 Å². The lowest BCUT2D eigenvalue weighted by molar-refractivity contribution is 0.0959. The predicted molar refractivity (Wildman–Crippen MR) is 81.0 cm³/mol. The lowest BCUT2D eigenvalue weighted by Crippen LogP contribution is -2.40. The van der Waals surface area contributed by atoms with Crippen molar-refractivity contribution in [1.29, 1.82) is 0 Å². The van der Waals surface area contributed by atoms with E-state index in [1.54, 1.807) is 12.3 Å². The average Bonchev–Trinajstić information content (AvgIpc) is 2.47. The number of aromatic nitrogens is 1. The Balaban J connectivity index is 1.86. The quantitative estimate of drug-likeness (QED) is 0.796. The van der Waals surface area contributed by atoms with Gasteiger partial charge in [-0.15, -0.1) is 0 Å². The fourth-order valence-corrected chi connectivity index (χ4v) is 3.08. The highest BCUT2D eigenvalue weighted by atomic mass is 35.5. The summed E-state index contributed by atoms with van der Waals surface area (Å²) in [6, 6.07) is 11.1. The van der Waals surface area contributed by atoms with Crippen LogP contribution in [0.2, 0.25) is 5.02 Å². The van der Waals surface area contributed by atoms with Crippen LogP contribution >= 0.6 is 23.5 Å². The maximum absolute atomic E-state index is 12.1. The van der Waals surface area contributed by atoms with Crippen molar-refractivity contribution < 1.29 is 4.79 Å². The molecule has 1 aromatic heterocycles. The third-order valence-corrected chi connectivity index (χ3v) is 4.41. The monoisotopic (exact) mass is 305 g/mol. The van der Waals surface area contributed by atoms with Gasteiger partial charge in [0.15, 0.2) is 5.78 Å². The fraction of sp³-hybridized carbons (Fsp3) is 0.143. The Morgan fingerprint density at radius 3 is 2.80 bits per heavy atom. The topological polar surface area (TPSA) is 36.4 Å². The van der Waals surface area contributed by atoms with Crippen LogP contribution in [-0.2, 0) is 0 Å². The van der Waals surface area contributed by atoms with Crippen LogP contribution in [0.4, 0.5) is 5.69 Å². The standard InChI is InChI=1S/C14H12ClN3OS/c1-17(11-6-4-10(15)5-7-11)18-9-13(19)12-3-2-8-16-14(12)20-18/h2-8H,9H2,1H3. The van der Waals surface area contributed by atoms with Crippen LogP contribution in [0, 0.1) is 0 Å². The normalized spacial score (nSPS) is 15.0. The zero-order chi connectivity index (χ0) is 14.1. The van der Waals surface area contributed by atoms with E-state index >= 15 is 0 Å². The number of anilines is 1. The zero-order valence-electron chi connectivity index (χ0n) is 10.8. The molecule has 0 spiro atoms. The number of rotatable bonds is 2. The number of pyridine rings is 1. The lowest BCUT2D eigenvalue weighted by atomic mass is 10.2. The molecule has 0 saturated carbocycles. The van der Waals surface area contributed by atoms with E-state index < -0.39 is 0 Å². The van der Waals surface area contributed by atoms with Gasteiger partial charge in [-0.05, 0) is 36.4 Å². The summed E-state index contributed by atoms with van der Waals surface area (Å²) in [4.78, 5) is 16.4. The number of hydrogen-bond acceptors (Lipinski definition) is 5. The number of hydrogen-bond donors (Lipinski definition) is 0.